The molecule has 0 saturated heterocycles. The van der Waals surface area contributed by atoms with Crippen LogP contribution in [0.25, 0.3) is 60.8 Å². The second-order valence-corrected chi connectivity index (χ2v) is 10.9. The molecular formula is C37H21N5O. The maximum Gasteiger partial charge on any atom is 0.238 e. The summed E-state index contributed by atoms with van der Waals surface area (Å²) in [5.41, 5.74) is 8.80. The molecule has 8 aromatic rings. The first kappa shape index (κ1) is 22.7. The summed E-state index contributed by atoms with van der Waals surface area (Å²) in [7, 11) is 0. The van der Waals surface area contributed by atoms with Crippen LogP contribution in [0.5, 0.6) is 11.5 Å². The largest absolute Gasteiger partial charge is 0.456 e. The minimum absolute atomic E-state index is 0.553. The van der Waals surface area contributed by atoms with E-state index in [0.717, 1.165) is 73.1 Å². The van der Waals surface area contributed by atoms with Crippen LogP contribution in [0.15, 0.2) is 127 Å². The van der Waals surface area contributed by atoms with Crippen LogP contribution in [0.3, 0.4) is 0 Å². The van der Waals surface area contributed by atoms with E-state index in [-0.39, 0.29) is 0 Å². The molecule has 200 valence electrons. The molecule has 6 nitrogen and oxygen atoms in total. The Hall–Kier alpha value is -6.01. The Balaban J connectivity index is 1.35. The molecular weight excluding hydrogens is 530 g/mol. The van der Waals surface area contributed by atoms with Crippen molar-refractivity contribution < 1.29 is 4.74 Å². The molecule has 2 aliphatic heterocycles. The second kappa shape index (κ2) is 8.27. The van der Waals surface area contributed by atoms with E-state index in [4.69, 9.17) is 19.7 Å². The zero-order valence-electron chi connectivity index (χ0n) is 22.8. The summed E-state index contributed by atoms with van der Waals surface area (Å²) in [5.74, 6) is 2.85. The van der Waals surface area contributed by atoms with Crippen molar-refractivity contribution in [3.05, 3.63) is 127 Å². The zero-order chi connectivity index (χ0) is 28.1. The Kier molecular flexibility index (Phi) is 4.36. The third-order valence-electron chi connectivity index (χ3n) is 8.52. The van der Waals surface area contributed by atoms with E-state index < -0.39 is 0 Å². The third kappa shape index (κ3) is 3.09. The molecule has 0 radical (unpaired) electrons. The lowest BCUT2D eigenvalue weighted by Crippen LogP contribution is -2.17. The van der Waals surface area contributed by atoms with Crippen LogP contribution in [-0.4, -0.2) is 19.5 Å². The molecule has 6 aromatic carbocycles. The molecule has 10 rings (SSSR count). The predicted molar refractivity (Wildman–Crippen MR) is 171 cm³/mol. The van der Waals surface area contributed by atoms with Crippen molar-refractivity contribution in [1.82, 2.24) is 19.5 Å². The lowest BCUT2D eigenvalue weighted by molar-refractivity contribution is 0.486. The summed E-state index contributed by atoms with van der Waals surface area (Å²) < 4.78 is 8.53. The van der Waals surface area contributed by atoms with Crippen LogP contribution < -0.4 is 9.64 Å². The summed E-state index contributed by atoms with van der Waals surface area (Å²) in [5, 5.41) is 3.27. The van der Waals surface area contributed by atoms with Gasteiger partial charge in [0.2, 0.25) is 11.9 Å². The highest BCUT2D eigenvalue weighted by molar-refractivity contribution is 6.04. The van der Waals surface area contributed by atoms with Crippen molar-refractivity contribution in [1.29, 1.82) is 0 Å². The minimum Gasteiger partial charge on any atom is -0.456 e. The van der Waals surface area contributed by atoms with Gasteiger partial charge in [-0.15, -0.1) is 0 Å². The summed E-state index contributed by atoms with van der Waals surface area (Å²) in [6.45, 7) is 0. The van der Waals surface area contributed by atoms with Crippen molar-refractivity contribution in [2.75, 3.05) is 4.90 Å². The van der Waals surface area contributed by atoms with Gasteiger partial charge in [0.15, 0.2) is 0 Å². The number of aromatic nitrogens is 4. The normalized spacial score (nSPS) is 12.8. The average Bonchev–Trinajstić information content (AvgIpc) is 3.38. The highest BCUT2D eigenvalue weighted by atomic mass is 16.5. The molecule has 0 saturated carbocycles. The first-order chi connectivity index (χ1) is 21.3. The van der Waals surface area contributed by atoms with Gasteiger partial charge in [-0.05, 0) is 65.4 Å². The van der Waals surface area contributed by atoms with E-state index in [1.165, 1.54) is 10.8 Å². The Morgan fingerprint density at radius 3 is 2.16 bits per heavy atom. The number of para-hydroxylation sites is 4. The van der Waals surface area contributed by atoms with Gasteiger partial charge in [0.05, 0.1) is 39.0 Å². The Labute approximate surface area is 246 Å². The van der Waals surface area contributed by atoms with Gasteiger partial charge < -0.3 is 4.74 Å². The molecule has 0 atom stereocenters. The third-order valence-corrected chi connectivity index (χ3v) is 8.52. The number of anilines is 3. The number of rotatable bonds is 1. The summed E-state index contributed by atoms with van der Waals surface area (Å²) in [6, 6.07) is 43.9. The number of fused-ring (bicyclic) bond motifs is 10. The van der Waals surface area contributed by atoms with Gasteiger partial charge in [-0.2, -0.15) is 0 Å². The van der Waals surface area contributed by atoms with E-state index in [0.29, 0.717) is 5.95 Å². The number of nitrogens with zero attached hydrogens (tertiary/aromatic N) is 5. The van der Waals surface area contributed by atoms with E-state index >= 15 is 0 Å². The van der Waals surface area contributed by atoms with Gasteiger partial charge in [-0.3, -0.25) is 4.57 Å². The van der Waals surface area contributed by atoms with Gasteiger partial charge in [0.25, 0.3) is 0 Å². The van der Waals surface area contributed by atoms with E-state index in [1.54, 1.807) is 0 Å². The maximum atomic E-state index is 6.28. The summed E-state index contributed by atoms with van der Waals surface area (Å²) >= 11 is 0. The fourth-order valence-electron chi connectivity index (χ4n) is 6.62. The summed E-state index contributed by atoms with van der Waals surface area (Å²) in [6.07, 6.45) is 0. The number of ether oxygens (including phenoxy) is 1. The van der Waals surface area contributed by atoms with Crippen molar-refractivity contribution in [2.45, 2.75) is 0 Å². The van der Waals surface area contributed by atoms with Gasteiger partial charge >= 0.3 is 0 Å². The molecule has 0 bridgehead atoms. The lowest BCUT2D eigenvalue weighted by atomic mass is 9.97. The highest BCUT2D eigenvalue weighted by Crippen LogP contribution is 2.50. The smallest absolute Gasteiger partial charge is 0.238 e. The molecule has 2 aliphatic rings. The fourth-order valence-corrected chi connectivity index (χ4v) is 6.62. The highest BCUT2D eigenvalue weighted by Gasteiger charge is 2.32. The number of hydrogen-bond acceptors (Lipinski definition) is 5. The van der Waals surface area contributed by atoms with Crippen LogP contribution in [0.2, 0.25) is 0 Å². The first-order valence-corrected chi connectivity index (χ1v) is 14.3. The van der Waals surface area contributed by atoms with E-state index in [1.807, 2.05) is 42.5 Å². The maximum absolute atomic E-state index is 6.28. The summed E-state index contributed by atoms with van der Waals surface area (Å²) in [4.78, 5) is 17.8. The van der Waals surface area contributed by atoms with Crippen molar-refractivity contribution >= 4 is 50.3 Å². The molecule has 0 spiro atoms. The Bertz CT molecular complexity index is 2460. The molecule has 0 N–H and O–H groups in total. The standard InChI is InChI=1S/C37H21N5O/c1-2-11-23-21-31-26(20-22(23)10-1)24-12-3-6-16-29(24)42(37-39-27-14-5-7-17-30(27)41(31)37)36-38-28-15-9-19-33-34(28)35(40-36)25-13-4-8-18-32(25)43-33/h1-21H. The van der Waals surface area contributed by atoms with Crippen LogP contribution in [0, 0.1) is 0 Å². The quantitative estimate of drug-likeness (QED) is 0.203. The molecule has 0 amide bonds. The monoisotopic (exact) mass is 551 g/mol. The minimum atomic E-state index is 0.553. The van der Waals surface area contributed by atoms with Crippen LogP contribution in [0.4, 0.5) is 17.6 Å². The average molecular weight is 552 g/mol. The molecule has 2 aromatic heterocycles. The van der Waals surface area contributed by atoms with Crippen molar-refractivity contribution in [3.63, 3.8) is 0 Å². The SMILES string of the molecule is c1ccc2c(c1)Oc1cccc3nc(N4c5ccccc5-c5cc6ccccc6cc5-n5c4nc4ccccc45)nc-2c13. The van der Waals surface area contributed by atoms with Crippen LogP contribution >= 0.6 is 0 Å². The first-order valence-electron chi connectivity index (χ1n) is 14.3. The van der Waals surface area contributed by atoms with E-state index in [9.17, 15) is 0 Å². The molecule has 43 heavy (non-hydrogen) atoms. The Morgan fingerprint density at radius 1 is 0.512 bits per heavy atom. The van der Waals surface area contributed by atoms with Crippen LogP contribution in [-0.2, 0) is 0 Å². The molecule has 4 heterocycles. The van der Waals surface area contributed by atoms with Gasteiger partial charge in [0, 0.05) is 16.7 Å². The fraction of sp³-hybridized carbons (Fsp3) is 0. The van der Waals surface area contributed by atoms with Crippen molar-refractivity contribution in [3.8, 4) is 39.6 Å². The van der Waals surface area contributed by atoms with Gasteiger partial charge in [-0.1, -0.05) is 72.8 Å². The molecule has 0 aliphatic carbocycles. The topological polar surface area (TPSA) is 56.1 Å². The van der Waals surface area contributed by atoms with Crippen LogP contribution in [0.1, 0.15) is 0 Å². The zero-order valence-corrected chi connectivity index (χ0v) is 22.8. The van der Waals surface area contributed by atoms with E-state index in [2.05, 4.69) is 94.4 Å². The number of hydrogen-bond donors (Lipinski definition) is 0. The molecule has 0 unspecified atom stereocenters. The Morgan fingerprint density at radius 2 is 1.23 bits per heavy atom. The number of imidazole rings is 1. The van der Waals surface area contributed by atoms with Crippen molar-refractivity contribution in [2.24, 2.45) is 0 Å². The predicted octanol–water partition coefficient (Wildman–Crippen LogP) is 9.34. The lowest BCUT2D eigenvalue weighted by Gasteiger charge is -2.25. The number of benzene rings is 6. The molecule has 6 heteroatoms. The van der Waals surface area contributed by atoms with Gasteiger partial charge in [-0.25, -0.2) is 19.9 Å². The molecule has 0 fully saturated rings. The van der Waals surface area contributed by atoms with Gasteiger partial charge in [0.1, 0.15) is 11.5 Å². The second-order valence-electron chi connectivity index (χ2n) is 10.9.